The number of benzene rings is 1. The molecule has 1 aliphatic carbocycles. The summed E-state index contributed by atoms with van der Waals surface area (Å²) in [7, 11) is 0. The lowest BCUT2D eigenvalue weighted by Gasteiger charge is -2.35. The van der Waals surface area contributed by atoms with Gasteiger partial charge in [0.05, 0.1) is 29.8 Å². The molecule has 3 heterocycles. The number of carbonyl (C=O) groups excluding carboxylic acids is 3. The van der Waals surface area contributed by atoms with Crippen LogP contribution < -0.4 is 5.32 Å². The normalized spacial score (nSPS) is 19.6. The highest BCUT2D eigenvalue weighted by Crippen LogP contribution is 2.31. The van der Waals surface area contributed by atoms with Crippen LogP contribution in [0.25, 0.3) is 10.9 Å². The summed E-state index contributed by atoms with van der Waals surface area (Å²) in [5.74, 6) is -0.278. The molecular formula is C32H40ClF3N6O3. The van der Waals surface area contributed by atoms with E-state index in [1.807, 2.05) is 18.5 Å². The van der Waals surface area contributed by atoms with Crippen molar-refractivity contribution < 1.29 is 27.6 Å². The maximum Gasteiger partial charge on any atom is 0.390 e. The van der Waals surface area contributed by atoms with Gasteiger partial charge in [0.1, 0.15) is 6.54 Å². The molecule has 9 nitrogen and oxygen atoms in total. The Bertz CT molecular complexity index is 1530. The molecule has 1 saturated carbocycles. The third-order valence-electron chi connectivity index (χ3n) is 9.03. The molecule has 1 aliphatic heterocycles. The van der Waals surface area contributed by atoms with Crippen molar-refractivity contribution in [1.29, 1.82) is 0 Å². The summed E-state index contributed by atoms with van der Waals surface area (Å²) in [6.45, 7) is 5.34. The second-order valence-electron chi connectivity index (χ2n) is 12.2. The van der Waals surface area contributed by atoms with Crippen LogP contribution in [-0.4, -0.2) is 86.7 Å². The van der Waals surface area contributed by atoms with Crippen molar-refractivity contribution in [2.75, 3.05) is 32.7 Å². The van der Waals surface area contributed by atoms with E-state index >= 15 is 0 Å². The molecule has 1 N–H and O–H groups in total. The standard InChI is InChI=1S/C32H40ClF3N6O3/c1-3-4-29(43)26-18-37-42(21(26)2)24-8-6-23(7-9-24)38-31(45)27-19-41(28-10-5-22(33)17-25(27)28)20-30(44)40-15-13-39(14-16-40)12-11-32(34,35)36/h5,10,17-19,23-24H,3-4,6-9,11-16,20H2,1-2H3,(H,38,45)/t23-,24-. The number of rotatable bonds is 10. The molecule has 45 heavy (non-hydrogen) atoms. The van der Waals surface area contributed by atoms with E-state index in [1.165, 1.54) is 0 Å². The molecule has 0 spiro atoms. The fraction of sp³-hybridized carbons (Fsp3) is 0.562. The molecule has 0 radical (unpaired) electrons. The average molecular weight is 649 g/mol. The van der Waals surface area contributed by atoms with Gasteiger partial charge in [-0.05, 0) is 57.2 Å². The van der Waals surface area contributed by atoms with Crippen LogP contribution in [0.15, 0.2) is 30.6 Å². The molecule has 1 saturated heterocycles. The van der Waals surface area contributed by atoms with Crippen molar-refractivity contribution >= 4 is 40.1 Å². The Morgan fingerprint density at radius 2 is 1.76 bits per heavy atom. The molecule has 0 atom stereocenters. The summed E-state index contributed by atoms with van der Waals surface area (Å²) in [5.41, 5.74) is 2.71. The Hall–Kier alpha value is -3.38. The molecule has 2 aromatic heterocycles. The molecule has 2 fully saturated rings. The molecule has 2 aliphatic rings. The van der Waals surface area contributed by atoms with Crippen molar-refractivity contribution in [1.82, 2.24) is 29.5 Å². The summed E-state index contributed by atoms with van der Waals surface area (Å²) in [5, 5.41) is 8.81. The fourth-order valence-corrected chi connectivity index (χ4v) is 6.66. The smallest absolute Gasteiger partial charge is 0.349 e. The Kier molecular flexibility index (Phi) is 10.2. The Morgan fingerprint density at radius 3 is 2.42 bits per heavy atom. The van der Waals surface area contributed by atoms with Gasteiger partial charge in [0.25, 0.3) is 5.91 Å². The number of alkyl halides is 3. The summed E-state index contributed by atoms with van der Waals surface area (Å²) >= 11 is 6.30. The van der Waals surface area contributed by atoms with Crippen LogP contribution in [0.4, 0.5) is 13.2 Å². The highest BCUT2D eigenvalue weighted by Gasteiger charge is 2.30. The van der Waals surface area contributed by atoms with Crippen LogP contribution in [0.3, 0.4) is 0 Å². The molecule has 0 bridgehead atoms. The lowest BCUT2D eigenvalue weighted by molar-refractivity contribution is -0.141. The van der Waals surface area contributed by atoms with Gasteiger partial charge in [-0.1, -0.05) is 18.5 Å². The minimum absolute atomic E-state index is 0.00500. The van der Waals surface area contributed by atoms with E-state index in [0.29, 0.717) is 59.7 Å². The molecule has 2 amide bonds. The lowest BCUT2D eigenvalue weighted by Crippen LogP contribution is -2.50. The van der Waals surface area contributed by atoms with E-state index < -0.39 is 12.6 Å². The predicted molar refractivity (Wildman–Crippen MR) is 166 cm³/mol. The van der Waals surface area contributed by atoms with Crippen LogP contribution in [0.1, 0.15) is 84.3 Å². The first-order chi connectivity index (χ1) is 21.4. The van der Waals surface area contributed by atoms with E-state index in [0.717, 1.165) is 37.8 Å². The summed E-state index contributed by atoms with van der Waals surface area (Å²) in [6, 6.07) is 5.36. The quantitative estimate of drug-likeness (QED) is 0.281. The first kappa shape index (κ1) is 33.0. The van der Waals surface area contributed by atoms with E-state index in [9.17, 15) is 27.6 Å². The first-order valence-electron chi connectivity index (χ1n) is 15.7. The van der Waals surface area contributed by atoms with Gasteiger partial charge in [-0.25, -0.2) is 0 Å². The van der Waals surface area contributed by atoms with Crippen LogP contribution in [0.5, 0.6) is 0 Å². The van der Waals surface area contributed by atoms with Crippen molar-refractivity contribution in [3.05, 3.63) is 52.4 Å². The first-order valence-corrected chi connectivity index (χ1v) is 16.0. The monoisotopic (exact) mass is 648 g/mol. The Balaban J connectivity index is 1.20. The number of ketones is 1. The van der Waals surface area contributed by atoms with Gasteiger partial charge in [-0.15, -0.1) is 0 Å². The number of fused-ring (bicyclic) bond motifs is 1. The maximum absolute atomic E-state index is 13.5. The van der Waals surface area contributed by atoms with Gasteiger partial charge >= 0.3 is 6.18 Å². The zero-order chi connectivity index (χ0) is 32.3. The van der Waals surface area contributed by atoms with Gasteiger partial charge < -0.3 is 14.8 Å². The van der Waals surface area contributed by atoms with Gasteiger partial charge in [-0.2, -0.15) is 18.3 Å². The third-order valence-corrected chi connectivity index (χ3v) is 9.26. The number of halogens is 4. The van der Waals surface area contributed by atoms with Crippen LogP contribution >= 0.6 is 11.6 Å². The van der Waals surface area contributed by atoms with Gasteiger partial charge in [-0.3, -0.25) is 24.0 Å². The minimum Gasteiger partial charge on any atom is -0.349 e. The largest absolute Gasteiger partial charge is 0.390 e. The predicted octanol–water partition coefficient (Wildman–Crippen LogP) is 5.79. The third kappa shape index (κ3) is 7.89. The highest BCUT2D eigenvalue weighted by atomic mass is 35.5. The zero-order valence-corrected chi connectivity index (χ0v) is 26.5. The van der Waals surface area contributed by atoms with Crippen molar-refractivity contribution in [2.24, 2.45) is 0 Å². The van der Waals surface area contributed by atoms with Crippen molar-refractivity contribution in [3.63, 3.8) is 0 Å². The summed E-state index contributed by atoms with van der Waals surface area (Å²) in [4.78, 5) is 42.6. The number of piperazine rings is 1. The second kappa shape index (κ2) is 13.9. The molecule has 5 rings (SSSR count). The molecule has 0 unspecified atom stereocenters. The van der Waals surface area contributed by atoms with E-state index in [4.69, 9.17) is 11.6 Å². The lowest BCUT2D eigenvalue weighted by atomic mass is 9.90. The molecule has 13 heteroatoms. The summed E-state index contributed by atoms with van der Waals surface area (Å²) < 4.78 is 41.5. The SMILES string of the molecule is CCCC(=O)c1cnn([C@H]2CC[C@H](NC(=O)c3cn(CC(=O)N4CCN(CCC(F)(F)F)CC4)c4ccc(Cl)cc34)CC2)c1C. The van der Waals surface area contributed by atoms with Gasteiger partial charge in [0, 0.05) is 73.0 Å². The maximum atomic E-state index is 13.5. The van der Waals surface area contributed by atoms with Gasteiger partial charge in [0.2, 0.25) is 5.91 Å². The highest BCUT2D eigenvalue weighted by molar-refractivity contribution is 6.31. The molecule has 1 aromatic carbocycles. The molecular weight excluding hydrogens is 609 g/mol. The minimum atomic E-state index is -4.20. The van der Waals surface area contributed by atoms with Crippen LogP contribution in [0.2, 0.25) is 5.02 Å². The number of carbonyl (C=O) groups is 3. The Morgan fingerprint density at radius 1 is 1.04 bits per heavy atom. The number of nitrogens with one attached hydrogen (secondary N) is 1. The van der Waals surface area contributed by atoms with E-state index in [2.05, 4.69) is 10.4 Å². The second-order valence-corrected chi connectivity index (χ2v) is 12.6. The van der Waals surface area contributed by atoms with Gasteiger partial charge in [0.15, 0.2) is 5.78 Å². The Labute approximate surface area is 265 Å². The van der Waals surface area contributed by atoms with Crippen LogP contribution in [0, 0.1) is 6.92 Å². The molecule has 244 valence electrons. The number of amides is 2. The number of hydrogen-bond acceptors (Lipinski definition) is 5. The number of nitrogens with zero attached hydrogens (tertiary/aromatic N) is 5. The zero-order valence-electron chi connectivity index (χ0n) is 25.7. The topological polar surface area (TPSA) is 92.5 Å². The van der Waals surface area contributed by atoms with E-state index in [1.54, 1.807) is 45.0 Å². The number of Topliss-reactive ketones (excluding diaryl/α,β-unsaturated/α-hetero) is 1. The number of aromatic nitrogens is 3. The summed E-state index contributed by atoms with van der Waals surface area (Å²) in [6.07, 6.45) is 2.76. The molecule has 3 aromatic rings. The fourth-order valence-electron chi connectivity index (χ4n) is 6.49. The van der Waals surface area contributed by atoms with E-state index in [-0.39, 0.29) is 42.8 Å². The average Bonchev–Trinajstić information content (AvgIpc) is 3.56. The number of hydrogen-bond donors (Lipinski definition) is 1. The van der Waals surface area contributed by atoms with Crippen molar-refractivity contribution in [3.8, 4) is 0 Å². The van der Waals surface area contributed by atoms with Crippen molar-refractivity contribution in [2.45, 2.75) is 83.6 Å². The van der Waals surface area contributed by atoms with Crippen LogP contribution in [-0.2, 0) is 11.3 Å².